The Labute approximate surface area is 74.3 Å². The lowest BCUT2D eigenvalue weighted by molar-refractivity contribution is -0.127. The van der Waals surface area contributed by atoms with Crippen molar-refractivity contribution >= 4 is 5.78 Å². The number of carbonyl (C=O) groups excluding carboxylic acids is 1. The second-order valence-corrected chi connectivity index (χ2v) is 3.73. The fourth-order valence-electron chi connectivity index (χ4n) is 0.981. The van der Waals surface area contributed by atoms with Gasteiger partial charge in [0.15, 0.2) is 5.78 Å². The molecule has 0 amide bonds. The molecule has 1 saturated carbocycles. The molecule has 1 rings (SSSR count). The van der Waals surface area contributed by atoms with Crippen molar-refractivity contribution in [3.8, 4) is 0 Å². The summed E-state index contributed by atoms with van der Waals surface area (Å²) in [7, 11) is 0. The fraction of sp³-hybridized carbons (Fsp3) is 0.900. The van der Waals surface area contributed by atoms with E-state index >= 15 is 0 Å². The van der Waals surface area contributed by atoms with Gasteiger partial charge in [-0.1, -0.05) is 13.8 Å². The third-order valence-electron chi connectivity index (χ3n) is 2.46. The molecule has 0 spiro atoms. The number of carbonyl (C=O) groups is 1. The van der Waals surface area contributed by atoms with E-state index in [1.807, 2.05) is 13.8 Å². The normalized spacial score (nSPS) is 19.2. The molecule has 1 fully saturated rings. The number of ketones is 1. The van der Waals surface area contributed by atoms with Crippen molar-refractivity contribution in [1.29, 1.82) is 0 Å². The van der Waals surface area contributed by atoms with E-state index in [9.17, 15) is 4.79 Å². The summed E-state index contributed by atoms with van der Waals surface area (Å²) in [5.74, 6) is 1.18. The van der Waals surface area contributed by atoms with Gasteiger partial charge in [-0.2, -0.15) is 0 Å². The van der Waals surface area contributed by atoms with Crippen LogP contribution in [0.3, 0.4) is 0 Å². The molecule has 1 aliphatic rings. The minimum Gasteiger partial charge on any atom is -0.373 e. The summed E-state index contributed by atoms with van der Waals surface area (Å²) in [6.07, 6.45) is 3.50. The lowest BCUT2D eigenvalue weighted by atomic mass is 10.1. The molecule has 0 heterocycles. The van der Waals surface area contributed by atoms with Crippen molar-refractivity contribution in [3.05, 3.63) is 0 Å². The van der Waals surface area contributed by atoms with Gasteiger partial charge in [-0.3, -0.25) is 4.79 Å². The Morgan fingerprint density at radius 3 is 2.75 bits per heavy atom. The highest BCUT2D eigenvalue weighted by atomic mass is 16.5. The van der Waals surface area contributed by atoms with Crippen molar-refractivity contribution in [2.45, 2.75) is 33.1 Å². The van der Waals surface area contributed by atoms with Crippen LogP contribution in [0.15, 0.2) is 0 Å². The summed E-state index contributed by atoms with van der Waals surface area (Å²) < 4.78 is 5.29. The average Bonchev–Trinajstić information content (AvgIpc) is 2.86. The lowest BCUT2D eigenvalue weighted by Gasteiger charge is -2.07. The van der Waals surface area contributed by atoms with Gasteiger partial charge in [0, 0.05) is 12.5 Å². The minimum absolute atomic E-state index is 0.171. The van der Waals surface area contributed by atoms with Crippen LogP contribution in [0.5, 0.6) is 0 Å². The molecule has 1 aliphatic carbocycles. The van der Waals surface area contributed by atoms with E-state index in [0.29, 0.717) is 6.61 Å². The SMILES string of the molecule is CCC(C)C(=O)COCC1CC1. The molecule has 0 saturated heterocycles. The smallest absolute Gasteiger partial charge is 0.161 e. The topological polar surface area (TPSA) is 26.3 Å². The van der Waals surface area contributed by atoms with Gasteiger partial charge >= 0.3 is 0 Å². The fourth-order valence-corrected chi connectivity index (χ4v) is 0.981. The van der Waals surface area contributed by atoms with Gasteiger partial charge in [0.05, 0.1) is 0 Å². The second kappa shape index (κ2) is 4.61. The van der Waals surface area contributed by atoms with Gasteiger partial charge in [-0.05, 0) is 25.2 Å². The predicted octanol–water partition coefficient (Wildman–Crippen LogP) is 2.03. The van der Waals surface area contributed by atoms with Crippen LogP contribution in [0.4, 0.5) is 0 Å². The Bertz CT molecular complexity index is 150. The van der Waals surface area contributed by atoms with Gasteiger partial charge in [-0.25, -0.2) is 0 Å². The molecule has 0 aromatic heterocycles. The zero-order valence-electron chi connectivity index (χ0n) is 8.01. The van der Waals surface area contributed by atoms with Crippen molar-refractivity contribution < 1.29 is 9.53 Å². The summed E-state index contributed by atoms with van der Waals surface area (Å²) in [6.45, 7) is 5.11. The first-order valence-corrected chi connectivity index (χ1v) is 4.84. The third kappa shape index (κ3) is 3.35. The number of rotatable bonds is 6. The number of hydrogen-bond acceptors (Lipinski definition) is 2. The maximum absolute atomic E-state index is 11.3. The van der Waals surface area contributed by atoms with Gasteiger partial charge in [0.2, 0.25) is 0 Å². The van der Waals surface area contributed by atoms with Crippen LogP contribution in [0.25, 0.3) is 0 Å². The van der Waals surface area contributed by atoms with Crippen LogP contribution in [0.1, 0.15) is 33.1 Å². The molecule has 0 radical (unpaired) electrons. The Balaban J connectivity index is 2.00. The summed E-state index contributed by atoms with van der Waals surface area (Å²) in [5.41, 5.74) is 0. The highest BCUT2D eigenvalue weighted by Crippen LogP contribution is 2.28. The van der Waals surface area contributed by atoms with Crippen LogP contribution >= 0.6 is 0 Å². The minimum atomic E-state index is 0.171. The first-order valence-electron chi connectivity index (χ1n) is 4.84. The van der Waals surface area contributed by atoms with Gasteiger partial charge in [-0.15, -0.1) is 0 Å². The monoisotopic (exact) mass is 170 g/mol. The number of Topliss-reactive ketones (excluding diaryl/α,β-unsaturated/α-hetero) is 1. The van der Waals surface area contributed by atoms with Crippen LogP contribution in [-0.4, -0.2) is 19.0 Å². The van der Waals surface area contributed by atoms with Crippen LogP contribution < -0.4 is 0 Å². The van der Waals surface area contributed by atoms with E-state index in [1.54, 1.807) is 0 Å². The van der Waals surface area contributed by atoms with E-state index in [1.165, 1.54) is 12.8 Å². The molecule has 2 heteroatoms. The van der Waals surface area contributed by atoms with E-state index in [-0.39, 0.29) is 11.7 Å². The Morgan fingerprint density at radius 2 is 2.25 bits per heavy atom. The summed E-state index contributed by atoms with van der Waals surface area (Å²) in [6, 6.07) is 0. The molecular formula is C10H18O2. The van der Waals surface area contributed by atoms with Crippen LogP contribution in [0.2, 0.25) is 0 Å². The Kier molecular flexibility index (Phi) is 3.73. The maximum atomic E-state index is 11.3. The van der Waals surface area contributed by atoms with Crippen molar-refractivity contribution in [2.24, 2.45) is 11.8 Å². The molecule has 0 bridgehead atoms. The van der Waals surface area contributed by atoms with Crippen molar-refractivity contribution in [1.82, 2.24) is 0 Å². The standard InChI is InChI=1S/C10H18O2/c1-3-8(2)10(11)7-12-6-9-4-5-9/h8-9H,3-7H2,1-2H3. The molecule has 1 unspecified atom stereocenters. The van der Waals surface area contributed by atoms with Crippen LogP contribution in [0, 0.1) is 11.8 Å². The first-order chi connectivity index (χ1) is 5.74. The molecule has 0 aromatic rings. The van der Waals surface area contributed by atoms with Crippen molar-refractivity contribution in [3.63, 3.8) is 0 Å². The number of hydrogen-bond donors (Lipinski definition) is 0. The Hall–Kier alpha value is -0.370. The second-order valence-electron chi connectivity index (χ2n) is 3.73. The molecule has 2 nitrogen and oxygen atoms in total. The largest absolute Gasteiger partial charge is 0.373 e. The van der Waals surface area contributed by atoms with E-state index in [0.717, 1.165) is 18.9 Å². The molecule has 0 N–H and O–H groups in total. The van der Waals surface area contributed by atoms with Gasteiger partial charge in [0.25, 0.3) is 0 Å². The molecule has 0 aliphatic heterocycles. The predicted molar refractivity (Wildman–Crippen MR) is 48.0 cm³/mol. The molecule has 70 valence electrons. The van der Waals surface area contributed by atoms with Gasteiger partial charge in [0.1, 0.15) is 6.61 Å². The van der Waals surface area contributed by atoms with Gasteiger partial charge < -0.3 is 4.74 Å². The summed E-state index contributed by atoms with van der Waals surface area (Å²) >= 11 is 0. The van der Waals surface area contributed by atoms with E-state index < -0.39 is 0 Å². The molecule has 0 aromatic carbocycles. The highest BCUT2D eigenvalue weighted by Gasteiger charge is 2.21. The highest BCUT2D eigenvalue weighted by molar-refractivity contribution is 5.81. The first kappa shape index (κ1) is 9.72. The zero-order valence-corrected chi connectivity index (χ0v) is 8.01. The third-order valence-corrected chi connectivity index (χ3v) is 2.46. The summed E-state index contributed by atoms with van der Waals surface area (Å²) in [5, 5.41) is 0. The lowest BCUT2D eigenvalue weighted by Crippen LogP contribution is -2.17. The Morgan fingerprint density at radius 1 is 1.58 bits per heavy atom. The molecule has 12 heavy (non-hydrogen) atoms. The quantitative estimate of drug-likeness (QED) is 0.609. The van der Waals surface area contributed by atoms with E-state index in [4.69, 9.17) is 4.74 Å². The average molecular weight is 170 g/mol. The zero-order chi connectivity index (χ0) is 8.97. The summed E-state index contributed by atoms with van der Waals surface area (Å²) in [4.78, 5) is 11.3. The maximum Gasteiger partial charge on any atom is 0.161 e. The molecule has 1 atom stereocenters. The number of ether oxygens (including phenoxy) is 1. The van der Waals surface area contributed by atoms with Crippen molar-refractivity contribution in [2.75, 3.05) is 13.2 Å². The molecular weight excluding hydrogens is 152 g/mol. The van der Waals surface area contributed by atoms with Crippen LogP contribution in [-0.2, 0) is 9.53 Å². The van der Waals surface area contributed by atoms with E-state index in [2.05, 4.69) is 0 Å².